The number of hydrogen-bond donors (Lipinski definition) is 1. The van der Waals surface area contributed by atoms with E-state index in [1.807, 2.05) is 42.7 Å². The quantitative estimate of drug-likeness (QED) is 0.405. The van der Waals surface area contributed by atoms with E-state index >= 15 is 0 Å². The summed E-state index contributed by atoms with van der Waals surface area (Å²) >= 11 is 0. The molecule has 1 amide bonds. The summed E-state index contributed by atoms with van der Waals surface area (Å²) in [4.78, 5) is 38.5. The minimum Gasteiger partial charge on any atom is -0.329 e. The van der Waals surface area contributed by atoms with E-state index in [0.29, 0.717) is 27.8 Å². The highest BCUT2D eigenvalue weighted by Crippen LogP contribution is 2.25. The van der Waals surface area contributed by atoms with Gasteiger partial charge in [0.2, 0.25) is 5.91 Å². The van der Waals surface area contributed by atoms with Crippen molar-refractivity contribution in [3.63, 3.8) is 0 Å². The van der Waals surface area contributed by atoms with Gasteiger partial charge in [0.1, 0.15) is 18.5 Å². The van der Waals surface area contributed by atoms with E-state index in [2.05, 4.69) is 25.4 Å². The number of carbonyl (C=O) groups excluding carboxylic acids is 2. The van der Waals surface area contributed by atoms with Gasteiger partial charge in [-0.05, 0) is 26.0 Å². The number of carbonyl (C=O) groups is 2. The molecule has 1 N–H and O–H groups in total. The number of pyridine rings is 1. The van der Waals surface area contributed by atoms with Crippen LogP contribution in [-0.2, 0) is 11.3 Å². The highest BCUT2D eigenvalue weighted by molar-refractivity contribution is 6.16. The van der Waals surface area contributed by atoms with Crippen molar-refractivity contribution >= 4 is 39.3 Å². The first-order chi connectivity index (χ1) is 16.0. The van der Waals surface area contributed by atoms with Gasteiger partial charge in [0.15, 0.2) is 5.78 Å². The number of benzene rings is 1. The topological polar surface area (TPSA) is 108 Å². The molecule has 33 heavy (non-hydrogen) atoms. The molecule has 0 aliphatic heterocycles. The highest BCUT2D eigenvalue weighted by atomic mass is 16.2. The number of nitrogens with zero attached hydrogens (tertiary/aromatic N) is 6. The molecule has 4 aromatic heterocycles. The van der Waals surface area contributed by atoms with Crippen LogP contribution < -0.4 is 5.32 Å². The summed E-state index contributed by atoms with van der Waals surface area (Å²) in [6.07, 6.45) is 9.62. The summed E-state index contributed by atoms with van der Waals surface area (Å²) in [5, 5.41) is 8.73. The SMILES string of the molecule is CC(C)n1cc(C(=O)c2cncc(NC(=O)Cn3ncc4ccccc43)c2)c2cncnc21. The van der Waals surface area contributed by atoms with Crippen LogP contribution in [-0.4, -0.2) is 41.0 Å². The van der Waals surface area contributed by atoms with Gasteiger partial charge in [-0.3, -0.25) is 19.3 Å². The molecule has 9 nitrogen and oxygen atoms in total. The molecule has 0 aliphatic rings. The molecule has 1 aromatic carbocycles. The minimum absolute atomic E-state index is 0.0465. The summed E-state index contributed by atoms with van der Waals surface area (Å²) in [5.41, 5.74) is 2.87. The van der Waals surface area contributed by atoms with Gasteiger partial charge in [-0.2, -0.15) is 5.10 Å². The van der Waals surface area contributed by atoms with Gasteiger partial charge in [-0.1, -0.05) is 18.2 Å². The Morgan fingerprint density at radius 1 is 1.06 bits per heavy atom. The number of para-hydroxylation sites is 1. The largest absolute Gasteiger partial charge is 0.329 e. The molecule has 0 bridgehead atoms. The average molecular weight is 439 g/mol. The van der Waals surface area contributed by atoms with Crippen molar-refractivity contribution in [1.29, 1.82) is 0 Å². The Balaban J connectivity index is 1.39. The fourth-order valence-electron chi connectivity index (χ4n) is 3.84. The molecule has 0 saturated heterocycles. The number of ketones is 1. The van der Waals surface area contributed by atoms with Crippen LogP contribution in [0.4, 0.5) is 5.69 Å². The summed E-state index contributed by atoms with van der Waals surface area (Å²) < 4.78 is 3.57. The summed E-state index contributed by atoms with van der Waals surface area (Å²) in [7, 11) is 0. The first-order valence-corrected chi connectivity index (χ1v) is 10.5. The molecule has 9 heteroatoms. The van der Waals surface area contributed by atoms with Gasteiger partial charge in [0.05, 0.1) is 29.2 Å². The second-order valence-electron chi connectivity index (χ2n) is 8.00. The molecule has 0 atom stereocenters. The van der Waals surface area contributed by atoms with Crippen LogP contribution in [0.1, 0.15) is 35.8 Å². The number of rotatable bonds is 6. The van der Waals surface area contributed by atoms with Crippen molar-refractivity contribution in [1.82, 2.24) is 29.3 Å². The van der Waals surface area contributed by atoms with Crippen LogP contribution in [0.25, 0.3) is 21.9 Å². The van der Waals surface area contributed by atoms with E-state index in [1.165, 1.54) is 18.7 Å². The van der Waals surface area contributed by atoms with Crippen molar-refractivity contribution in [2.24, 2.45) is 0 Å². The normalized spacial score (nSPS) is 11.4. The zero-order chi connectivity index (χ0) is 22.9. The van der Waals surface area contributed by atoms with Crippen molar-refractivity contribution in [3.05, 3.63) is 78.8 Å². The predicted octanol–water partition coefficient (Wildman–Crippen LogP) is 3.63. The molecule has 0 radical (unpaired) electrons. The Morgan fingerprint density at radius 2 is 1.91 bits per heavy atom. The first kappa shape index (κ1) is 20.5. The Bertz CT molecular complexity index is 1500. The lowest BCUT2D eigenvalue weighted by Gasteiger charge is -2.08. The van der Waals surface area contributed by atoms with Gasteiger partial charge in [-0.15, -0.1) is 0 Å². The van der Waals surface area contributed by atoms with E-state index in [4.69, 9.17) is 0 Å². The molecule has 0 fully saturated rings. The Hall–Kier alpha value is -4.40. The van der Waals surface area contributed by atoms with Crippen LogP contribution in [0.15, 0.2) is 67.6 Å². The van der Waals surface area contributed by atoms with Crippen LogP contribution in [0, 0.1) is 0 Å². The molecule has 4 heterocycles. The maximum atomic E-state index is 13.3. The molecule has 164 valence electrons. The lowest BCUT2D eigenvalue weighted by Crippen LogP contribution is -2.19. The second kappa shape index (κ2) is 8.27. The predicted molar refractivity (Wildman–Crippen MR) is 124 cm³/mol. The fraction of sp³-hybridized carbons (Fsp3) is 0.167. The zero-order valence-electron chi connectivity index (χ0n) is 18.1. The van der Waals surface area contributed by atoms with Crippen molar-refractivity contribution in [2.75, 3.05) is 5.32 Å². The van der Waals surface area contributed by atoms with Crippen LogP contribution in [0.3, 0.4) is 0 Å². The molecule has 5 aromatic rings. The van der Waals surface area contributed by atoms with Crippen LogP contribution >= 0.6 is 0 Å². The van der Waals surface area contributed by atoms with E-state index < -0.39 is 0 Å². The van der Waals surface area contributed by atoms with Gasteiger partial charge in [0.25, 0.3) is 0 Å². The summed E-state index contributed by atoms with van der Waals surface area (Å²) in [6.45, 7) is 4.09. The van der Waals surface area contributed by atoms with Gasteiger partial charge < -0.3 is 9.88 Å². The first-order valence-electron chi connectivity index (χ1n) is 10.5. The molecular formula is C24H21N7O2. The Labute approximate surface area is 189 Å². The van der Waals surface area contributed by atoms with Crippen molar-refractivity contribution in [2.45, 2.75) is 26.4 Å². The van der Waals surface area contributed by atoms with Crippen molar-refractivity contribution in [3.8, 4) is 0 Å². The maximum Gasteiger partial charge on any atom is 0.246 e. The number of fused-ring (bicyclic) bond motifs is 2. The third-order valence-electron chi connectivity index (χ3n) is 5.42. The molecule has 0 aliphatic carbocycles. The number of aromatic nitrogens is 6. The summed E-state index contributed by atoms with van der Waals surface area (Å²) in [5.74, 6) is -0.476. The fourth-order valence-corrected chi connectivity index (χ4v) is 3.84. The highest BCUT2D eigenvalue weighted by Gasteiger charge is 2.20. The van der Waals surface area contributed by atoms with Gasteiger partial charge in [0, 0.05) is 41.0 Å². The van der Waals surface area contributed by atoms with E-state index in [9.17, 15) is 9.59 Å². The van der Waals surface area contributed by atoms with Crippen molar-refractivity contribution < 1.29 is 9.59 Å². The van der Waals surface area contributed by atoms with Gasteiger partial charge >= 0.3 is 0 Å². The standard InChI is InChI=1S/C24H21N7O2/c1-15(2)30-12-20(19-11-26-14-27-24(19)30)23(33)17-7-18(10-25-8-17)29-22(32)13-31-21-6-4-3-5-16(21)9-28-31/h3-12,14-15H,13H2,1-2H3,(H,29,32). The van der Waals surface area contributed by atoms with Crippen LogP contribution in [0.5, 0.6) is 0 Å². The monoisotopic (exact) mass is 439 g/mol. The molecular weight excluding hydrogens is 418 g/mol. The molecule has 0 unspecified atom stereocenters. The molecule has 0 saturated carbocycles. The third-order valence-corrected chi connectivity index (χ3v) is 5.42. The van der Waals surface area contributed by atoms with E-state index in [1.54, 1.807) is 29.3 Å². The van der Waals surface area contributed by atoms with Crippen LogP contribution in [0.2, 0.25) is 0 Å². The Kier molecular flexibility index (Phi) is 5.14. The van der Waals surface area contributed by atoms with Gasteiger partial charge in [-0.25, -0.2) is 9.97 Å². The number of amides is 1. The Morgan fingerprint density at radius 3 is 2.76 bits per heavy atom. The number of anilines is 1. The zero-order valence-corrected chi connectivity index (χ0v) is 18.1. The smallest absolute Gasteiger partial charge is 0.246 e. The number of nitrogens with one attached hydrogen (secondary N) is 1. The van der Waals surface area contributed by atoms with E-state index in [0.717, 1.165) is 10.9 Å². The lowest BCUT2D eigenvalue weighted by atomic mass is 10.1. The second-order valence-corrected chi connectivity index (χ2v) is 8.00. The average Bonchev–Trinajstić information content (AvgIpc) is 3.41. The number of hydrogen-bond acceptors (Lipinski definition) is 6. The van der Waals surface area contributed by atoms with E-state index in [-0.39, 0.29) is 24.3 Å². The summed E-state index contributed by atoms with van der Waals surface area (Å²) in [6, 6.07) is 9.43. The molecule has 5 rings (SSSR count). The third kappa shape index (κ3) is 3.84. The maximum absolute atomic E-state index is 13.3. The molecule has 0 spiro atoms. The minimum atomic E-state index is -0.264. The lowest BCUT2D eigenvalue weighted by molar-refractivity contribution is -0.116.